The number of hydrogen-bond donors (Lipinski definition) is 8. The molecule has 11 N–H and O–H groups in total. The van der Waals surface area contributed by atoms with Crippen molar-refractivity contribution in [2.45, 2.75) is 49.1 Å². The maximum Gasteiger partial charge on any atom is 0.472 e. The maximum absolute atomic E-state index is 13.1. The van der Waals surface area contributed by atoms with Gasteiger partial charge in [-0.05, 0) is 0 Å². The molecule has 0 saturated carbocycles. The van der Waals surface area contributed by atoms with Gasteiger partial charge in [0.2, 0.25) is 11.9 Å². The Kier molecular flexibility index (Phi) is 7.39. The van der Waals surface area contributed by atoms with Gasteiger partial charge in [0.25, 0.3) is 5.56 Å². The molecule has 4 aromatic heterocycles. The van der Waals surface area contributed by atoms with Gasteiger partial charge in [-0.15, -0.1) is 0 Å². The smallest absolute Gasteiger partial charge is 0.386 e. The lowest BCUT2D eigenvalue weighted by molar-refractivity contribution is -0.0664. The molecule has 26 heteroatoms. The fourth-order valence-corrected chi connectivity index (χ4v) is 7.33. The van der Waals surface area contributed by atoms with Crippen molar-refractivity contribution in [3.8, 4) is 0 Å². The van der Waals surface area contributed by atoms with Crippen LogP contribution in [0, 0.1) is 0 Å². The number of nitrogens with zero attached hydrogens (tertiary/aromatic N) is 7. The monoisotopic (exact) mass is 689 g/mol. The first-order chi connectivity index (χ1) is 21.7. The van der Waals surface area contributed by atoms with Crippen molar-refractivity contribution in [1.82, 2.24) is 39.0 Å². The second-order valence-corrected chi connectivity index (χ2v) is 13.2. The van der Waals surface area contributed by atoms with Crippen LogP contribution in [-0.4, -0.2) is 109 Å². The summed E-state index contributed by atoms with van der Waals surface area (Å²) in [6.07, 6.45) is -10.5. The minimum atomic E-state index is -5.08. The van der Waals surface area contributed by atoms with Crippen molar-refractivity contribution in [2.24, 2.45) is 0 Å². The predicted molar refractivity (Wildman–Crippen MR) is 148 cm³/mol. The van der Waals surface area contributed by atoms with E-state index in [0.29, 0.717) is 0 Å². The van der Waals surface area contributed by atoms with Crippen LogP contribution in [0.4, 0.5) is 17.7 Å². The molecule has 0 radical (unpaired) electrons. The summed E-state index contributed by atoms with van der Waals surface area (Å²) in [5.41, 5.74) is 16.3. The molecule has 248 valence electrons. The van der Waals surface area contributed by atoms with Crippen molar-refractivity contribution < 1.29 is 56.7 Å². The number of imidazole rings is 2. The Balaban J connectivity index is 1.17. The van der Waals surface area contributed by atoms with Gasteiger partial charge in [0.15, 0.2) is 35.1 Å². The Morgan fingerprint density at radius 3 is 1.85 bits per heavy atom. The molecular formula is C20H25N11O13P2. The van der Waals surface area contributed by atoms with Gasteiger partial charge in [0, 0.05) is 0 Å². The average Bonchev–Trinajstić information content (AvgIpc) is 3.72. The molecule has 0 bridgehead atoms. The molecule has 3 aliphatic rings. The van der Waals surface area contributed by atoms with Crippen LogP contribution in [0.2, 0.25) is 0 Å². The van der Waals surface area contributed by atoms with Gasteiger partial charge < -0.3 is 46.7 Å². The summed E-state index contributed by atoms with van der Waals surface area (Å²) in [5, 5.41) is 22.3. The van der Waals surface area contributed by atoms with E-state index in [1.54, 1.807) is 0 Å². The Morgan fingerprint density at radius 1 is 0.804 bits per heavy atom. The largest absolute Gasteiger partial charge is 0.472 e. The minimum absolute atomic E-state index is 0.0357. The van der Waals surface area contributed by atoms with Gasteiger partial charge in [-0.25, -0.2) is 19.1 Å². The highest BCUT2D eigenvalue weighted by atomic mass is 31.2. The predicted octanol–water partition coefficient (Wildman–Crippen LogP) is -2.76. The zero-order valence-electron chi connectivity index (χ0n) is 22.9. The number of aliphatic hydroxyl groups excluding tert-OH is 2. The summed E-state index contributed by atoms with van der Waals surface area (Å²) >= 11 is 0. The number of anilines is 3. The van der Waals surface area contributed by atoms with Crippen molar-refractivity contribution >= 4 is 55.7 Å². The van der Waals surface area contributed by atoms with Crippen LogP contribution >= 0.6 is 15.6 Å². The Hall–Kier alpha value is -3.64. The van der Waals surface area contributed by atoms with E-state index in [1.807, 2.05) is 0 Å². The highest BCUT2D eigenvalue weighted by molar-refractivity contribution is 7.47. The molecule has 3 fully saturated rings. The van der Waals surface area contributed by atoms with Crippen LogP contribution in [0.25, 0.3) is 22.3 Å². The first kappa shape index (κ1) is 31.0. The zero-order valence-corrected chi connectivity index (χ0v) is 24.7. The topological polar surface area (TPSA) is 356 Å². The minimum Gasteiger partial charge on any atom is -0.386 e. The highest BCUT2D eigenvalue weighted by Gasteiger charge is 2.54. The molecule has 0 aliphatic carbocycles. The van der Waals surface area contributed by atoms with Gasteiger partial charge in [-0.3, -0.25) is 37.0 Å². The number of fused-ring (bicyclic) bond motifs is 4. The molecule has 0 aromatic carbocycles. The number of hydrogen-bond acceptors (Lipinski definition) is 19. The van der Waals surface area contributed by atoms with Crippen molar-refractivity contribution in [3.63, 3.8) is 0 Å². The third kappa shape index (κ3) is 5.33. The van der Waals surface area contributed by atoms with Crippen LogP contribution in [-0.2, 0) is 36.7 Å². The lowest BCUT2D eigenvalue weighted by Crippen LogP contribution is -2.39. The summed E-state index contributed by atoms with van der Waals surface area (Å²) in [6.45, 7) is -1.69. The molecule has 4 aromatic rings. The Labute approximate surface area is 254 Å². The molecular weight excluding hydrogens is 664 g/mol. The number of nitrogens with two attached hydrogens (primary N) is 3. The second-order valence-electron chi connectivity index (χ2n) is 10.3. The normalized spacial score (nSPS) is 37.1. The van der Waals surface area contributed by atoms with Gasteiger partial charge >= 0.3 is 15.6 Å². The van der Waals surface area contributed by atoms with Crippen LogP contribution < -0.4 is 22.8 Å². The van der Waals surface area contributed by atoms with Crippen LogP contribution in [0.1, 0.15) is 12.5 Å². The first-order valence-electron chi connectivity index (χ1n) is 13.2. The molecule has 0 amide bonds. The summed E-state index contributed by atoms with van der Waals surface area (Å²) in [6, 6.07) is 0. The third-order valence-corrected chi connectivity index (χ3v) is 9.37. The Morgan fingerprint density at radius 2 is 1.30 bits per heavy atom. The number of rotatable bonds is 2. The number of H-pyrrole nitrogens is 1. The molecule has 7 rings (SSSR count). The van der Waals surface area contributed by atoms with E-state index in [1.165, 1.54) is 10.9 Å². The lowest BCUT2D eigenvalue weighted by atomic mass is 10.1. The standard InChI is InChI=1S/C20H25N11O13P2/c21-13-7-14(27-19(22)26-13)30(3-24-7)17-9(32)11-5(41-17)1-39-46(37,38)44-12-6(2-40-45(35,36)43-11)42-18(10(12)33)31-4-25-8-15(31)28-20(23)29-16(8)34/h3-6,9-12,17-18,32-33H,1-2H2,(H,35,36)(H,37,38)(H4,21,22,26,27)(H3,23,28,29,34)/t5-,6-,9-,10-,11-,12-,17-,18-/m1/s1. The third-order valence-electron chi connectivity index (χ3n) is 7.40. The highest BCUT2D eigenvalue weighted by Crippen LogP contribution is 2.53. The fourth-order valence-electron chi connectivity index (χ4n) is 5.40. The Bertz CT molecular complexity index is 1990. The summed E-state index contributed by atoms with van der Waals surface area (Å²) in [7, 11) is -10.2. The van der Waals surface area contributed by atoms with E-state index in [-0.39, 0.29) is 40.0 Å². The molecule has 10 atom stereocenters. The second kappa shape index (κ2) is 11.0. The molecule has 7 heterocycles. The van der Waals surface area contributed by atoms with Gasteiger partial charge in [0.05, 0.1) is 25.9 Å². The number of aromatic amines is 1. The number of phosphoric ester groups is 2. The van der Waals surface area contributed by atoms with E-state index in [4.69, 9.17) is 44.8 Å². The van der Waals surface area contributed by atoms with Crippen molar-refractivity contribution in [1.29, 1.82) is 0 Å². The summed E-state index contributed by atoms with van der Waals surface area (Å²) in [4.78, 5) is 55.6. The lowest BCUT2D eigenvalue weighted by Gasteiger charge is -2.27. The maximum atomic E-state index is 13.1. The van der Waals surface area contributed by atoms with Crippen LogP contribution in [0.15, 0.2) is 17.4 Å². The molecule has 0 spiro atoms. The number of aliphatic hydroxyl groups is 2. The quantitative estimate of drug-likeness (QED) is 0.0988. The molecule has 3 saturated heterocycles. The van der Waals surface area contributed by atoms with E-state index >= 15 is 0 Å². The van der Waals surface area contributed by atoms with E-state index in [0.717, 1.165) is 10.9 Å². The van der Waals surface area contributed by atoms with E-state index in [9.17, 15) is 33.9 Å². The van der Waals surface area contributed by atoms with Gasteiger partial charge in [-0.2, -0.15) is 15.0 Å². The van der Waals surface area contributed by atoms with E-state index in [2.05, 4.69) is 29.9 Å². The van der Waals surface area contributed by atoms with Crippen LogP contribution in [0.5, 0.6) is 0 Å². The first-order valence-corrected chi connectivity index (χ1v) is 16.2. The number of nitrogen functional groups attached to an aromatic ring is 3. The van der Waals surface area contributed by atoms with Crippen molar-refractivity contribution in [2.75, 3.05) is 30.4 Å². The van der Waals surface area contributed by atoms with Gasteiger partial charge in [0.1, 0.15) is 42.1 Å². The number of ether oxygens (including phenoxy) is 2. The molecule has 3 aliphatic heterocycles. The number of phosphoric acid groups is 2. The van der Waals surface area contributed by atoms with Crippen molar-refractivity contribution in [3.05, 3.63) is 23.0 Å². The SMILES string of the molecule is Nc1nc(N)c2ncn([C@@H]3O[C@@H]4COP(=O)(O)O[C@H]5[C@@H](O)[C@H](n6cnc7c(=O)[nH]c(N)nc76)O[C@@H]5COP(=O)(O)O[C@H]4[C@H]3O)c2n1. The zero-order chi connectivity index (χ0) is 32.7. The number of aromatic nitrogens is 8. The van der Waals surface area contributed by atoms with E-state index < -0.39 is 83.5 Å². The molecule has 2 unspecified atom stereocenters. The summed E-state index contributed by atoms with van der Waals surface area (Å²) in [5.74, 6) is -0.562. The number of nitrogens with one attached hydrogen (secondary N) is 1. The van der Waals surface area contributed by atoms with Crippen LogP contribution in [0.3, 0.4) is 0 Å². The molecule has 24 nitrogen and oxygen atoms in total. The fraction of sp³-hybridized carbons (Fsp3) is 0.500. The molecule has 46 heavy (non-hydrogen) atoms. The average molecular weight is 689 g/mol. The summed E-state index contributed by atoms with van der Waals surface area (Å²) < 4.78 is 60.9. The van der Waals surface area contributed by atoms with Gasteiger partial charge in [-0.1, -0.05) is 0 Å².